The predicted molar refractivity (Wildman–Crippen MR) is 125 cm³/mol. The molecule has 4 atom stereocenters. The van der Waals surface area contributed by atoms with Crippen LogP contribution in [0.25, 0.3) is 0 Å². The fourth-order valence-electron chi connectivity index (χ4n) is 7.99. The van der Waals surface area contributed by atoms with Crippen molar-refractivity contribution < 1.29 is 19.8 Å². The molecule has 1 unspecified atom stereocenters. The molecule has 2 saturated carbocycles. The summed E-state index contributed by atoms with van der Waals surface area (Å²) < 4.78 is 0. The number of nitrogens with one attached hydrogen (secondary N) is 2. The average Bonchev–Trinajstić information content (AvgIpc) is 3.52. The molecule has 2 heterocycles. The third kappa shape index (κ3) is 2.57. The second kappa shape index (κ2) is 6.53. The van der Waals surface area contributed by atoms with E-state index in [2.05, 4.69) is 15.2 Å². The van der Waals surface area contributed by atoms with Gasteiger partial charge in [-0.05, 0) is 60.1 Å². The summed E-state index contributed by atoms with van der Waals surface area (Å²) in [5.41, 5.74) is 6.27. The number of fused-ring (bicyclic) bond motifs is 3. The molecule has 2 aromatic rings. The Bertz CT molecular complexity index is 1380. The van der Waals surface area contributed by atoms with Crippen molar-refractivity contribution in [1.82, 2.24) is 15.2 Å². The van der Waals surface area contributed by atoms with Gasteiger partial charge >= 0.3 is 0 Å². The van der Waals surface area contributed by atoms with Gasteiger partial charge in [0.25, 0.3) is 11.5 Å². The van der Waals surface area contributed by atoms with Crippen LogP contribution in [0.1, 0.15) is 52.0 Å². The van der Waals surface area contributed by atoms with E-state index >= 15 is 0 Å². The maximum absolute atomic E-state index is 12.8. The van der Waals surface area contributed by atoms with Gasteiger partial charge in [0.05, 0.1) is 18.2 Å². The molecule has 4 aliphatic carbocycles. The lowest BCUT2D eigenvalue weighted by atomic mass is 9.55. The van der Waals surface area contributed by atoms with Gasteiger partial charge in [-0.1, -0.05) is 6.07 Å². The Morgan fingerprint density at radius 3 is 2.74 bits per heavy atom. The summed E-state index contributed by atoms with van der Waals surface area (Å²) in [6.07, 6.45) is 3.99. The molecular formula is C26H28N4O5. The SMILES string of the molecule is NC(=O)CNC(=O)c1cc2c([nH]c1=O)C[C@@]13CC4(CN(CC5CC5)[C@H]4[C@]1(O)C2)c1ccc(O)cc13. The van der Waals surface area contributed by atoms with Gasteiger partial charge in [-0.15, -0.1) is 0 Å². The quantitative estimate of drug-likeness (QED) is 0.404. The van der Waals surface area contributed by atoms with Gasteiger partial charge in [-0.25, -0.2) is 0 Å². The molecule has 1 saturated heterocycles. The molecule has 9 nitrogen and oxygen atoms in total. The van der Waals surface area contributed by atoms with Crippen molar-refractivity contribution in [2.75, 3.05) is 19.6 Å². The number of pyridine rings is 1. The Kier molecular flexibility index (Phi) is 3.94. The highest BCUT2D eigenvalue weighted by atomic mass is 16.3. The van der Waals surface area contributed by atoms with Crippen LogP contribution < -0.4 is 16.6 Å². The first-order valence-corrected chi connectivity index (χ1v) is 12.3. The van der Waals surface area contributed by atoms with Crippen molar-refractivity contribution in [3.05, 3.63) is 62.6 Å². The molecule has 6 N–H and O–H groups in total. The van der Waals surface area contributed by atoms with Gasteiger partial charge in [-0.2, -0.15) is 0 Å². The van der Waals surface area contributed by atoms with Gasteiger partial charge in [0.2, 0.25) is 5.91 Å². The number of aliphatic hydroxyl groups is 1. The fraction of sp³-hybridized carbons (Fsp3) is 0.500. The standard InChI is InChI=1S/C26H28N4O5/c27-20(32)9-28-21(33)16-5-14-7-26(35)23-24(12-30(23)10-13-1-2-13)11-25(26,8-19(14)29-22(16)34)18-6-15(31)3-4-17(18)24/h3-6,13,23,31,35H,1-2,7-12H2,(H2,27,32)(H,28,33)(H,29,34)/t23-,24?,25+,26-/m1/s1. The second-order valence-corrected chi connectivity index (χ2v) is 11.4. The number of H-pyrrole nitrogens is 1. The van der Waals surface area contributed by atoms with Crippen molar-refractivity contribution in [2.45, 2.75) is 54.6 Å². The summed E-state index contributed by atoms with van der Waals surface area (Å²) in [5, 5.41) is 25.3. The number of likely N-dealkylation sites (tertiary alicyclic amines) is 1. The first-order chi connectivity index (χ1) is 16.7. The molecule has 0 radical (unpaired) electrons. The lowest BCUT2D eigenvalue weighted by Crippen LogP contribution is -2.75. The molecule has 182 valence electrons. The molecule has 1 aromatic heterocycles. The van der Waals surface area contributed by atoms with E-state index in [1.165, 1.54) is 18.4 Å². The normalized spacial score (nSPS) is 33.8. The molecule has 2 amide bonds. The Balaban J connectivity index is 1.34. The number of aromatic nitrogens is 1. The summed E-state index contributed by atoms with van der Waals surface area (Å²) in [4.78, 5) is 41.8. The van der Waals surface area contributed by atoms with Crippen molar-refractivity contribution >= 4 is 11.8 Å². The molecule has 35 heavy (non-hydrogen) atoms. The third-order valence-electron chi connectivity index (χ3n) is 9.34. The number of primary amides is 1. The number of hydrogen-bond donors (Lipinski definition) is 5. The highest BCUT2D eigenvalue weighted by molar-refractivity contribution is 5.96. The van der Waals surface area contributed by atoms with Gasteiger partial charge in [0, 0.05) is 42.5 Å². The van der Waals surface area contributed by atoms with Gasteiger partial charge in [0.1, 0.15) is 11.3 Å². The van der Waals surface area contributed by atoms with Crippen LogP contribution in [0.5, 0.6) is 5.75 Å². The zero-order valence-corrected chi connectivity index (χ0v) is 19.3. The highest BCUT2D eigenvalue weighted by Gasteiger charge is 2.81. The number of aromatic amines is 1. The molecule has 7 rings (SSSR count). The Labute approximate surface area is 201 Å². The number of hydrogen-bond acceptors (Lipinski definition) is 6. The number of nitrogens with two attached hydrogens (primary N) is 1. The lowest BCUT2D eigenvalue weighted by molar-refractivity contribution is -0.136. The molecule has 1 aliphatic heterocycles. The van der Waals surface area contributed by atoms with Crippen LogP contribution in [0.15, 0.2) is 29.1 Å². The Hall–Kier alpha value is -3.17. The summed E-state index contributed by atoms with van der Waals surface area (Å²) in [6.45, 7) is 1.52. The summed E-state index contributed by atoms with van der Waals surface area (Å²) in [5.74, 6) is -0.494. The number of rotatable bonds is 5. The van der Waals surface area contributed by atoms with Crippen molar-refractivity contribution in [1.29, 1.82) is 0 Å². The number of nitrogens with zero attached hydrogens (tertiary/aromatic N) is 1. The summed E-state index contributed by atoms with van der Waals surface area (Å²) in [7, 11) is 0. The Morgan fingerprint density at radius 1 is 1.20 bits per heavy atom. The number of phenols is 1. The smallest absolute Gasteiger partial charge is 0.261 e. The zero-order valence-electron chi connectivity index (χ0n) is 19.3. The lowest BCUT2D eigenvalue weighted by Gasteiger charge is -2.62. The first kappa shape index (κ1) is 21.1. The number of amides is 2. The minimum Gasteiger partial charge on any atom is -0.508 e. The molecular weight excluding hydrogens is 448 g/mol. The number of phenolic OH excluding ortho intramolecular Hbond substituents is 1. The number of benzene rings is 1. The van der Waals surface area contributed by atoms with E-state index in [1.54, 1.807) is 18.2 Å². The molecule has 9 heteroatoms. The fourth-order valence-corrected chi connectivity index (χ4v) is 7.99. The summed E-state index contributed by atoms with van der Waals surface area (Å²) >= 11 is 0. The maximum Gasteiger partial charge on any atom is 0.261 e. The number of aromatic hydroxyl groups is 1. The van der Waals surface area contributed by atoms with E-state index in [0.29, 0.717) is 24.5 Å². The Morgan fingerprint density at radius 2 is 2.00 bits per heavy atom. The largest absolute Gasteiger partial charge is 0.508 e. The molecule has 2 bridgehead atoms. The first-order valence-electron chi connectivity index (χ1n) is 12.3. The number of carbonyl (C=O) groups is 2. The maximum atomic E-state index is 12.8. The van der Waals surface area contributed by atoms with Crippen LogP contribution >= 0.6 is 0 Å². The van der Waals surface area contributed by atoms with E-state index in [9.17, 15) is 24.6 Å². The van der Waals surface area contributed by atoms with Crippen molar-refractivity contribution in [3.8, 4) is 5.75 Å². The van der Waals surface area contributed by atoms with Crippen molar-refractivity contribution in [2.24, 2.45) is 11.7 Å². The van der Waals surface area contributed by atoms with Crippen LogP contribution in [0.2, 0.25) is 0 Å². The highest BCUT2D eigenvalue weighted by Crippen LogP contribution is 2.73. The van der Waals surface area contributed by atoms with E-state index in [4.69, 9.17) is 5.73 Å². The van der Waals surface area contributed by atoms with Gasteiger partial charge in [0.15, 0.2) is 0 Å². The second-order valence-electron chi connectivity index (χ2n) is 11.4. The van der Waals surface area contributed by atoms with E-state index < -0.39 is 28.4 Å². The minimum absolute atomic E-state index is 0.0418. The van der Waals surface area contributed by atoms with Gasteiger partial charge in [-0.3, -0.25) is 19.3 Å². The molecule has 3 fully saturated rings. The van der Waals surface area contributed by atoms with Crippen LogP contribution in [-0.2, 0) is 28.5 Å². The van der Waals surface area contributed by atoms with Crippen LogP contribution in [0, 0.1) is 5.92 Å². The molecule has 1 aromatic carbocycles. The van der Waals surface area contributed by atoms with E-state index in [0.717, 1.165) is 30.6 Å². The minimum atomic E-state index is -1.09. The van der Waals surface area contributed by atoms with E-state index in [-0.39, 0.29) is 29.3 Å². The van der Waals surface area contributed by atoms with Crippen LogP contribution in [0.3, 0.4) is 0 Å². The van der Waals surface area contributed by atoms with E-state index in [1.807, 2.05) is 6.07 Å². The summed E-state index contributed by atoms with van der Waals surface area (Å²) in [6, 6.07) is 7.07. The monoisotopic (exact) mass is 476 g/mol. The van der Waals surface area contributed by atoms with Crippen molar-refractivity contribution in [3.63, 3.8) is 0 Å². The number of carbonyl (C=O) groups excluding carboxylic acids is 2. The molecule has 2 spiro atoms. The zero-order chi connectivity index (χ0) is 24.3. The van der Waals surface area contributed by atoms with Crippen LogP contribution in [0.4, 0.5) is 0 Å². The topological polar surface area (TPSA) is 149 Å². The van der Waals surface area contributed by atoms with Crippen LogP contribution in [-0.4, -0.2) is 63.2 Å². The van der Waals surface area contributed by atoms with Gasteiger partial charge < -0.3 is 26.2 Å². The third-order valence-corrected chi connectivity index (χ3v) is 9.34. The molecule has 5 aliphatic rings. The predicted octanol–water partition coefficient (Wildman–Crippen LogP) is -0.187. The average molecular weight is 477 g/mol.